The number of Topliss-reactive ketones (excluding diaryl/α,β-unsaturated/α-hetero) is 1. The third-order valence-electron chi connectivity index (χ3n) is 6.85. The van der Waals surface area contributed by atoms with Gasteiger partial charge in [-0.25, -0.2) is 0 Å². The van der Waals surface area contributed by atoms with Crippen LogP contribution < -0.4 is 0 Å². The van der Waals surface area contributed by atoms with Crippen molar-refractivity contribution < 1.29 is 18.7 Å². The van der Waals surface area contributed by atoms with Crippen LogP contribution in [0.25, 0.3) is 0 Å². The van der Waals surface area contributed by atoms with Crippen LogP contribution in [0.5, 0.6) is 0 Å². The van der Waals surface area contributed by atoms with Gasteiger partial charge in [0.15, 0.2) is 5.78 Å². The Labute approximate surface area is 142 Å². The van der Waals surface area contributed by atoms with Crippen molar-refractivity contribution in [2.75, 3.05) is 0 Å². The summed E-state index contributed by atoms with van der Waals surface area (Å²) in [5.41, 5.74) is 1.31. The van der Waals surface area contributed by atoms with Crippen LogP contribution >= 0.6 is 0 Å². The zero-order valence-electron chi connectivity index (χ0n) is 14.5. The van der Waals surface area contributed by atoms with E-state index < -0.39 is 5.41 Å². The summed E-state index contributed by atoms with van der Waals surface area (Å²) >= 11 is 0. The van der Waals surface area contributed by atoms with Crippen molar-refractivity contribution in [2.24, 2.45) is 22.7 Å². The maximum absolute atomic E-state index is 12.7. The standard InChI is InChI=1S/C20H24O4/c1-12-9-16-17-19(2,6-4-7-20(17,3)18(22)24-16)14(12)10-15(21)13-5-8-23-11-13/h5,8-9,11,14,16-17H,4,6-7,10H2,1-3H3/t14-,16+,17+,19+,20-/m0/s1. The van der Waals surface area contributed by atoms with Crippen LogP contribution in [0.3, 0.4) is 0 Å². The van der Waals surface area contributed by atoms with Gasteiger partial charge in [0, 0.05) is 12.3 Å². The minimum absolute atomic E-state index is 0.0608. The highest BCUT2D eigenvalue weighted by atomic mass is 16.6. The summed E-state index contributed by atoms with van der Waals surface area (Å²) in [4.78, 5) is 25.2. The minimum Gasteiger partial charge on any atom is -0.472 e. The van der Waals surface area contributed by atoms with Gasteiger partial charge in [0.05, 0.1) is 17.2 Å². The summed E-state index contributed by atoms with van der Waals surface area (Å²) in [5.74, 6) is 0.361. The van der Waals surface area contributed by atoms with Crippen LogP contribution in [-0.2, 0) is 9.53 Å². The predicted molar refractivity (Wildman–Crippen MR) is 88.3 cm³/mol. The van der Waals surface area contributed by atoms with Gasteiger partial charge in [0.2, 0.25) is 0 Å². The fourth-order valence-corrected chi connectivity index (χ4v) is 5.71. The fraction of sp³-hybridized carbons (Fsp3) is 0.600. The number of hydrogen-bond donors (Lipinski definition) is 0. The molecule has 0 spiro atoms. The van der Waals surface area contributed by atoms with E-state index in [1.54, 1.807) is 6.07 Å². The summed E-state index contributed by atoms with van der Waals surface area (Å²) in [7, 11) is 0. The maximum Gasteiger partial charge on any atom is 0.312 e. The van der Waals surface area contributed by atoms with Gasteiger partial charge in [-0.15, -0.1) is 0 Å². The quantitative estimate of drug-likeness (QED) is 0.475. The molecule has 2 aliphatic carbocycles. The van der Waals surface area contributed by atoms with Gasteiger partial charge in [-0.3, -0.25) is 9.59 Å². The first-order valence-electron chi connectivity index (χ1n) is 8.81. The van der Waals surface area contributed by atoms with Crippen LogP contribution in [0.15, 0.2) is 34.7 Å². The number of ether oxygens (including phenoxy) is 1. The van der Waals surface area contributed by atoms with E-state index in [2.05, 4.69) is 26.8 Å². The first kappa shape index (κ1) is 15.7. The lowest BCUT2D eigenvalue weighted by Gasteiger charge is -2.54. The van der Waals surface area contributed by atoms with Gasteiger partial charge in [-0.2, -0.15) is 0 Å². The van der Waals surface area contributed by atoms with Crippen molar-refractivity contribution in [3.8, 4) is 0 Å². The zero-order chi connectivity index (χ0) is 17.1. The molecule has 24 heavy (non-hydrogen) atoms. The monoisotopic (exact) mass is 328 g/mol. The van der Waals surface area contributed by atoms with E-state index in [4.69, 9.17) is 9.15 Å². The van der Waals surface area contributed by atoms with Crippen LogP contribution in [0, 0.1) is 22.7 Å². The predicted octanol–water partition coefficient (Wildman–Crippen LogP) is 4.17. The second-order valence-corrected chi connectivity index (χ2v) is 8.23. The smallest absolute Gasteiger partial charge is 0.312 e. The van der Waals surface area contributed by atoms with Crippen LogP contribution in [-0.4, -0.2) is 17.9 Å². The lowest BCUT2D eigenvalue weighted by atomic mass is 9.48. The van der Waals surface area contributed by atoms with Gasteiger partial charge in [-0.1, -0.05) is 18.9 Å². The average Bonchev–Trinajstić information content (AvgIpc) is 3.12. The molecule has 0 unspecified atom stereocenters. The Bertz CT molecular complexity index is 716. The van der Waals surface area contributed by atoms with E-state index in [1.165, 1.54) is 18.1 Å². The summed E-state index contributed by atoms with van der Waals surface area (Å²) in [6, 6.07) is 1.72. The molecule has 0 amide bonds. The molecule has 2 fully saturated rings. The Morgan fingerprint density at radius 1 is 1.33 bits per heavy atom. The SMILES string of the molecule is CC1=C[C@H]2OC(=O)[C@@]3(C)CCC[C@@](C)([C@@H]23)[C@H]1CC(=O)c1ccoc1. The average molecular weight is 328 g/mol. The number of rotatable bonds is 3. The molecule has 0 aromatic carbocycles. The molecule has 128 valence electrons. The number of esters is 1. The number of furan rings is 1. The lowest BCUT2D eigenvalue weighted by Crippen LogP contribution is -2.52. The Kier molecular flexibility index (Phi) is 3.32. The number of ketones is 1. The Balaban J connectivity index is 1.72. The molecule has 1 saturated carbocycles. The highest BCUT2D eigenvalue weighted by Gasteiger charge is 2.65. The van der Waals surface area contributed by atoms with Crippen LogP contribution in [0.4, 0.5) is 0 Å². The first-order valence-corrected chi connectivity index (χ1v) is 8.81. The topological polar surface area (TPSA) is 56.5 Å². The molecular formula is C20H24O4. The molecule has 0 radical (unpaired) electrons. The molecule has 4 heteroatoms. The van der Waals surface area contributed by atoms with Crippen molar-refractivity contribution >= 4 is 11.8 Å². The van der Waals surface area contributed by atoms with E-state index in [9.17, 15) is 9.59 Å². The number of carbonyl (C=O) groups is 2. The molecule has 4 rings (SSSR count). The molecule has 1 aromatic heterocycles. The van der Waals surface area contributed by atoms with Crippen molar-refractivity contribution in [1.82, 2.24) is 0 Å². The Morgan fingerprint density at radius 3 is 2.83 bits per heavy atom. The van der Waals surface area contributed by atoms with E-state index >= 15 is 0 Å². The Morgan fingerprint density at radius 2 is 2.12 bits per heavy atom. The fourth-order valence-electron chi connectivity index (χ4n) is 5.71. The van der Waals surface area contributed by atoms with Crippen molar-refractivity contribution in [1.29, 1.82) is 0 Å². The molecule has 5 atom stereocenters. The largest absolute Gasteiger partial charge is 0.472 e. The summed E-state index contributed by atoms with van der Waals surface area (Å²) in [5, 5.41) is 0. The van der Waals surface area contributed by atoms with Crippen LogP contribution in [0.2, 0.25) is 0 Å². The number of hydrogen-bond acceptors (Lipinski definition) is 4. The van der Waals surface area contributed by atoms with Gasteiger partial charge in [0.25, 0.3) is 0 Å². The van der Waals surface area contributed by atoms with Crippen molar-refractivity contribution in [3.63, 3.8) is 0 Å². The summed E-state index contributed by atoms with van der Waals surface area (Å²) < 4.78 is 10.8. The van der Waals surface area contributed by atoms with Crippen molar-refractivity contribution in [3.05, 3.63) is 35.8 Å². The maximum atomic E-state index is 12.7. The third-order valence-corrected chi connectivity index (χ3v) is 6.85. The molecule has 4 nitrogen and oxygen atoms in total. The minimum atomic E-state index is -0.411. The lowest BCUT2D eigenvalue weighted by molar-refractivity contribution is -0.148. The highest BCUT2D eigenvalue weighted by molar-refractivity contribution is 5.96. The normalized spacial score (nSPS) is 40.7. The summed E-state index contributed by atoms with van der Waals surface area (Å²) in [6.45, 7) is 6.39. The van der Waals surface area contributed by atoms with E-state index in [0.29, 0.717) is 12.0 Å². The molecule has 1 saturated heterocycles. The van der Waals surface area contributed by atoms with Crippen molar-refractivity contribution in [2.45, 2.75) is 52.6 Å². The first-order chi connectivity index (χ1) is 11.4. The third kappa shape index (κ3) is 1.98. The molecule has 2 heterocycles. The number of allylic oxidation sites excluding steroid dienone is 1. The van der Waals surface area contributed by atoms with E-state index in [1.807, 2.05) is 0 Å². The van der Waals surface area contributed by atoms with Gasteiger partial charge in [-0.05, 0) is 50.2 Å². The van der Waals surface area contributed by atoms with Gasteiger partial charge in [0.1, 0.15) is 12.4 Å². The molecule has 0 bridgehead atoms. The second kappa shape index (κ2) is 5.08. The molecule has 1 aromatic rings. The van der Waals surface area contributed by atoms with Gasteiger partial charge < -0.3 is 9.15 Å². The molecule has 1 aliphatic heterocycles. The van der Waals surface area contributed by atoms with Gasteiger partial charge >= 0.3 is 5.97 Å². The molecular weight excluding hydrogens is 304 g/mol. The van der Waals surface area contributed by atoms with Crippen LogP contribution in [0.1, 0.15) is 56.8 Å². The Hall–Kier alpha value is -1.84. The highest BCUT2D eigenvalue weighted by Crippen LogP contribution is 2.64. The molecule has 3 aliphatic rings. The van der Waals surface area contributed by atoms with E-state index in [-0.39, 0.29) is 35.1 Å². The number of carbonyl (C=O) groups excluding carboxylic acids is 2. The van der Waals surface area contributed by atoms with E-state index in [0.717, 1.165) is 19.3 Å². The summed E-state index contributed by atoms with van der Waals surface area (Å²) in [6.07, 6.45) is 8.41. The zero-order valence-corrected chi connectivity index (χ0v) is 14.5. The molecule has 0 N–H and O–H groups in total. The second-order valence-electron chi connectivity index (χ2n) is 8.23.